The molecule has 1 atom stereocenters. The van der Waals surface area contributed by atoms with Crippen LogP contribution in [0.3, 0.4) is 0 Å². The molecule has 3 rings (SSSR count). The first kappa shape index (κ1) is 22.8. The molecule has 0 radical (unpaired) electrons. The number of benzene rings is 1. The second-order valence-electron chi connectivity index (χ2n) is 7.46. The maximum atomic E-state index is 12.8. The number of nitrogens with zero attached hydrogens (tertiary/aromatic N) is 3. The summed E-state index contributed by atoms with van der Waals surface area (Å²) in [4.78, 5) is 25.5. The van der Waals surface area contributed by atoms with Gasteiger partial charge >= 0.3 is 5.97 Å². The van der Waals surface area contributed by atoms with Gasteiger partial charge in [-0.3, -0.25) is 4.79 Å². The molecule has 164 valence electrons. The van der Waals surface area contributed by atoms with E-state index in [1.165, 1.54) is 4.68 Å². The Morgan fingerprint density at radius 3 is 2.48 bits per heavy atom. The lowest BCUT2D eigenvalue weighted by molar-refractivity contribution is 0.0474. The van der Waals surface area contributed by atoms with Gasteiger partial charge in [-0.1, -0.05) is 29.8 Å². The molecule has 2 aromatic heterocycles. The molecule has 0 saturated carbocycles. The minimum Gasteiger partial charge on any atom is -0.454 e. The van der Waals surface area contributed by atoms with E-state index in [1.54, 1.807) is 14.0 Å². The van der Waals surface area contributed by atoms with Gasteiger partial charge in [-0.25, -0.2) is 9.48 Å². The van der Waals surface area contributed by atoms with Gasteiger partial charge in [0, 0.05) is 24.1 Å². The van der Waals surface area contributed by atoms with Crippen LogP contribution in [0.2, 0.25) is 5.15 Å². The number of ketones is 1. The van der Waals surface area contributed by atoms with Crippen molar-refractivity contribution in [3.05, 3.63) is 69.8 Å². The quantitative estimate of drug-likeness (QED) is 0.378. The third kappa shape index (κ3) is 4.57. The van der Waals surface area contributed by atoms with Gasteiger partial charge in [0.05, 0.1) is 24.0 Å². The summed E-state index contributed by atoms with van der Waals surface area (Å²) >= 11 is 6.40. The van der Waals surface area contributed by atoms with Crippen LogP contribution in [0.4, 0.5) is 0 Å². The molecule has 0 saturated heterocycles. The molecule has 7 nitrogen and oxygen atoms in total. The Balaban J connectivity index is 1.76. The van der Waals surface area contributed by atoms with E-state index in [0.29, 0.717) is 17.9 Å². The molecule has 0 aliphatic heterocycles. The Labute approximate surface area is 186 Å². The number of hydrogen-bond donors (Lipinski definition) is 0. The van der Waals surface area contributed by atoms with Crippen LogP contribution in [0.5, 0.6) is 0 Å². The minimum atomic E-state index is -0.681. The number of halogens is 1. The Bertz CT molecular complexity index is 1100. The summed E-state index contributed by atoms with van der Waals surface area (Å²) in [7, 11) is 1.64. The van der Waals surface area contributed by atoms with Crippen molar-refractivity contribution in [1.82, 2.24) is 14.3 Å². The first-order valence-corrected chi connectivity index (χ1v) is 10.3. The van der Waals surface area contributed by atoms with Crippen molar-refractivity contribution in [1.29, 1.82) is 0 Å². The number of esters is 1. The summed E-state index contributed by atoms with van der Waals surface area (Å²) < 4.78 is 14.1. The van der Waals surface area contributed by atoms with Crippen molar-refractivity contribution in [2.75, 3.05) is 20.3 Å². The highest BCUT2D eigenvalue weighted by Gasteiger charge is 2.25. The van der Waals surface area contributed by atoms with Crippen molar-refractivity contribution in [3.8, 4) is 5.69 Å². The summed E-state index contributed by atoms with van der Waals surface area (Å²) in [5.41, 5.74) is 3.59. The number of carbonyl (C=O) groups excluding carboxylic acids is 2. The van der Waals surface area contributed by atoms with Crippen LogP contribution in [-0.4, -0.2) is 46.4 Å². The fraction of sp³-hybridized carbons (Fsp3) is 0.348. The standard InChI is InChI=1S/C23H26ClN3O4/c1-14-11-19(17(4)26(14)15(2)12-30-5)20(28)13-31-23(29)21-16(3)25-27(22(21)24)18-9-7-6-8-10-18/h6-11,15H,12-13H2,1-5H3. The fourth-order valence-corrected chi connectivity index (χ4v) is 4.15. The molecule has 31 heavy (non-hydrogen) atoms. The van der Waals surface area contributed by atoms with Gasteiger partial charge in [-0.15, -0.1) is 0 Å². The zero-order chi connectivity index (χ0) is 22.7. The monoisotopic (exact) mass is 443 g/mol. The predicted octanol–water partition coefficient (Wildman–Crippen LogP) is 4.50. The number of carbonyl (C=O) groups is 2. The predicted molar refractivity (Wildman–Crippen MR) is 118 cm³/mol. The fourth-order valence-electron chi connectivity index (χ4n) is 3.81. The van der Waals surface area contributed by atoms with Crippen LogP contribution in [-0.2, 0) is 9.47 Å². The number of aryl methyl sites for hydroxylation is 2. The second-order valence-corrected chi connectivity index (χ2v) is 7.82. The molecule has 0 N–H and O–H groups in total. The number of para-hydroxylation sites is 1. The molecule has 0 bridgehead atoms. The van der Waals surface area contributed by atoms with Crippen molar-refractivity contribution < 1.29 is 19.1 Å². The van der Waals surface area contributed by atoms with E-state index >= 15 is 0 Å². The Morgan fingerprint density at radius 2 is 1.84 bits per heavy atom. The highest BCUT2D eigenvalue weighted by molar-refractivity contribution is 6.33. The average Bonchev–Trinajstić information content (AvgIpc) is 3.21. The second kappa shape index (κ2) is 9.49. The zero-order valence-electron chi connectivity index (χ0n) is 18.3. The number of ether oxygens (including phenoxy) is 2. The van der Waals surface area contributed by atoms with Gasteiger partial charge in [0.2, 0.25) is 5.78 Å². The average molecular weight is 444 g/mol. The number of rotatable bonds is 8. The van der Waals surface area contributed by atoms with Crippen LogP contribution in [0, 0.1) is 20.8 Å². The molecular weight excluding hydrogens is 418 g/mol. The van der Waals surface area contributed by atoms with Crippen molar-refractivity contribution >= 4 is 23.4 Å². The third-order valence-electron chi connectivity index (χ3n) is 5.18. The van der Waals surface area contributed by atoms with Gasteiger partial charge in [-0.05, 0) is 45.9 Å². The first-order chi connectivity index (χ1) is 14.8. The lowest BCUT2D eigenvalue weighted by atomic mass is 10.1. The molecule has 1 aromatic carbocycles. The van der Waals surface area contributed by atoms with E-state index in [0.717, 1.165) is 17.1 Å². The SMILES string of the molecule is COCC(C)n1c(C)cc(C(=O)COC(=O)c2c(C)nn(-c3ccccc3)c2Cl)c1C. The molecule has 0 aliphatic carbocycles. The summed E-state index contributed by atoms with van der Waals surface area (Å²) in [6.07, 6.45) is 0. The van der Waals surface area contributed by atoms with Crippen molar-refractivity contribution in [2.24, 2.45) is 0 Å². The lowest BCUT2D eigenvalue weighted by Crippen LogP contribution is -2.17. The maximum Gasteiger partial charge on any atom is 0.343 e. The van der Waals surface area contributed by atoms with Crippen molar-refractivity contribution in [2.45, 2.75) is 33.7 Å². The highest BCUT2D eigenvalue weighted by Crippen LogP contribution is 2.25. The topological polar surface area (TPSA) is 75.3 Å². The molecule has 1 unspecified atom stereocenters. The molecular formula is C23H26ClN3O4. The summed E-state index contributed by atoms with van der Waals surface area (Å²) in [5.74, 6) is -0.957. The van der Waals surface area contributed by atoms with Gasteiger partial charge in [0.1, 0.15) is 10.7 Å². The van der Waals surface area contributed by atoms with E-state index in [2.05, 4.69) is 5.10 Å². The van der Waals surface area contributed by atoms with E-state index in [4.69, 9.17) is 21.1 Å². The number of methoxy groups -OCH3 is 1. The lowest BCUT2D eigenvalue weighted by Gasteiger charge is -2.17. The number of aromatic nitrogens is 3. The van der Waals surface area contributed by atoms with Crippen LogP contribution >= 0.6 is 11.6 Å². The van der Waals surface area contributed by atoms with Crippen LogP contribution in [0.1, 0.15) is 50.8 Å². The molecule has 8 heteroatoms. The van der Waals surface area contributed by atoms with E-state index < -0.39 is 5.97 Å². The smallest absolute Gasteiger partial charge is 0.343 e. The van der Waals surface area contributed by atoms with E-state index in [9.17, 15) is 9.59 Å². The molecule has 2 heterocycles. The van der Waals surface area contributed by atoms with Gasteiger partial charge in [-0.2, -0.15) is 5.10 Å². The maximum absolute atomic E-state index is 12.8. The number of Topliss-reactive ketones (excluding diaryl/α,β-unsaturated/α-hetero) is 1. The normalized spacial score (nSPS) is 12.1. The van der Waals surface area contributed by atoms with Crippen molar-refractivity contribution in [3.63, 3.8) is 0 Å². The molecule has 0 fully saturated rings. The molecule has 0 amide bonds. The van der Waals surface area contributed by atoms with Gasteiger partial charge in [0.15, 0.2) is 6.61 Å². The highest BCUT2D eigenvalue weighted by atomic mass is 35.5. The summed E-state index contributed by atoms with van der Waals surface area (Å²) in [6, 6.07) is 11.1. The summed E-state index contributed by atoms with van der Waals surface area (Å²) in [5, 5.41) is 4.48. The molecule has 3 aromatic rings. The molecule has 0 aliphatic rings. The Kier molecular flexibility index (Phi) is 6.97. The Morgan fingerprint density at radius 1 is 1.16 bits per heavy atom. The summed E-state index contributed by atoms with van der Waals surface area (Å²) in [6.45, 7) is 7.65. The molecule has 0 spiro atoms. The largest absolute Gasteiger partial charge is 0.454 e. The Hall–Kier alpha value is -2.90. The van der Waals surface area contributed by atoms with Crippen LogP contribution < -0.4 is 0 Å². The first-order valence-electron chi connectivity index (χ1n) is 9.94. The third-order valence-corrected chi connectivity index (χ3v) is 5.53. The van der Waals surface area contributed by atoms with Gasteiger partial charge < -0.3 is 14.0 Å². The van der Waals surface area contributed by atoms with Crippen LogP contribution in [0.15, 0.2) is 36.4 Å². The number of hydrogen-bond acceptors (Lipinski definition) is 5. The van der Waals surface area contributed by atoms with Gasteiger partial charge in [0.25, 0.3) is 0 Å². The minimum absolute atomic E-state index is 0.0828. The van der Waals surface area contributed by atoms with E-state index in [-0.39, 0.29) is 29.1 Å². The van der Waals surface area contributed by atoms with Crippen LogP contribution in [0.25, 0.3) is 5.69 Å². The zero-order valence-corrected chi connectivity index (χ0v) is 19.1. The van der Waals surface area contributed by atoms with E-state index in [1.807, 2.05) is 61.7 Å².